The van der Waals surface area contributed by atoms with Crippen molar-refractivity contribution in [2.24, 2.45) is 5.92 Å². The Bertz CT molecular complexity index is 1740. The van der Waals surface area contributed by atoms with Gasteiger partial charge in [0.1, 0.15) is 30.0 Å². The zero-order valence-electron chi connectivity index (χ0n) is 34.0. The van der Waals surface area contributed by atoms with E-state index in [-0.39, 0.29) is 56.8 Å². The van der Waals surface area contributed by atoms with Crippen molar-refractivity contribution in [1.82, 2.24) is 26.2 Å². The van der Waals surface area contributed by atoms with Crippen LogP contribution in [0, 0.1) is 5.92 Å². The summed E-state index contributed by atoms with van der Waals surface area (Å²) in [5.41, 5.74) is 0.408. The van der Waals surface area contributed by atoms with Gasteiger partial charge in [-0.15, -0.1) is 0 Å². The molecule has 5 amide bonds. The van der Waals surface area contributed by atoms with Gasteiger partial charge in [-0.3, -0.25) is 24.0 Å². The zero-order valence-corrected chi connectivity index (χ0v) is 34.0. The van der Waals surface area contributed by atoms with Crippen molar-refractivity contribution >= 4 is 35.5 Å². The summed E-state index contributed by atoms with van der Waals surface area (Å²) in [6.07, 6.45) is 3.05. The average Bonchev–Trinajstić information content (AvgIpc) is 3.63. The molecule has 1 saturated heterocycles. The minimum atomic E-state index is -1.75. The van der Waals surface area contributed by atoms with Gasteiger partial charge in [0, 0.05) is 13.0 Å². The van der Waals surface area contributed by atoms with Crippen LogP contribution in [0.15, 0.2) is 54.6 Å². The van der Waals surface area contributed by atoms with Crippen LogP contribution in [0.2, 0.25) is 0 Å². The van der Waals surface area contributed by atoms with Gasteiger partial charge in [-0.25, -0.2) is 4.79 Å². The van der Waals surface area contributed by atoms with E-state index in [1.54, 1.807) is 63.2 Å². The summed E-state index contributed by atoms with van der Waals surface area (Å²) < 4.78 is 17.5. The van der Waals surface area contributed by atoms with Crippen molar-refractivity contribution in [3.8, 4) is 5.75 Å². The van der Waals surface area contributed by atoms with Crippen molar-refractivity contribution in [3.63, 3.8) is 0 Å². The van der Waals surface area contributed by atoms with E-state index in [0.29, 0.717) is 17.7 Å². The largest absolute Gasteiger partial charge is 0.491 e. The quantitative estimate of drug-likeness (QED) is 0.199. The first-order valence-corrected chi connectivity index (χ1v) is 20.5. The average molecular weight is 806 g/mol. The third-order valence-corrected chi connectivity index (χ3v) is 10.6. The molecule has 2 aliphatic heterocycles. The highest BCUT2D eigenvalue weighted by Gasteiger charge is 2.45. The topological polar surface area (TPSA) is 202 Å². The summed E-state index contributed by atoms with van der Waals surface area (Å²) in [5, 5.41) is 22.1. The number of aliphatic hydroxyl groups is 1. The number of amides is 5. The number of aliphatic hydroxyl groups excluding tert-OH is 1. The first-order valence-electron chi connectivity index (χ1n) is 20.5. The third kappa shape index (κ3) is 12.5. The van der Waals surface area contributed by atoms with E-state index in [1.165, 1.54) is 4.90 Å². The van der Waals surface area contributed by atoms with E-state index in [0.717, 1.165) is 37.7 Å². The summed E-state index contributed by atoms with van der Waals surface area (Å²) in [5.74, 6) is -3.06. The summed E-state index contributed by atoms with van der Waals surface area (Å²) in [4.78, 5) is 83.0. The van der Waals surface area contributed by atoms with Crippen LogP contribution >= 0.6 is 0 Å². The molecule has 316 valence electrons. The molecule has 1 saturated carbocycles. The second-order valence-corrected chi connectivity index (χ2v) is 16.4. The number of fused-ring (bicyclic) bond motifs is 4. The Balaban J connectivity index is 1.27. The van der Waals surface area contributed by atoms with E-state index in [4.69, 9.17) is 14.2 Å². The number of esters is 1. The number of carbonyl (C=O) groups is 6. The van der Waals surface area contributed by atoms with Gasteiger partial charge in [0.25, 0.3) is 5.91 Å². The molecule has 2 aromatic rings. The molecule has 5 rings (SSSR count). The predicted molar refractivity (Wildman–Crippen MR) is 213 cm³/mol. The predicted octanol–water partition coefficient (Wildman–Crippen LogP) is 2.63. The van der Waals surface area contributed by atoms with Crippen LogP contribution in [0.4, 0.5) is 0 Å². The molecule has 6 atom stereocenters. The fraction of sp³-hybridized carbons (Fsp3) is 0.581. The molecule has 15 nitrogen and oxygen atoms in total. The summed E-state index contributed by atoms with van der Waals surface area (Å²) in [6, 6.07) is 11.7. The first kappa shape index (κ1) is 44.1. The Morgan fingerprint density at radius 2 is 1.72 bits per heavy atom. The summed E-state index contributed by atoms with van der Waals surface area (Å²) in [6.45, 7) is 6.91. The Kier molecular flexibility index (Phi) is 15.7. The van der Waals surface area contributed by atoms with Gasteiger partial charge in [-0.2, -0.15) is 0 Å². The minimum absolute atomic E-state index is 0.0500. The molecule has 3 aliphatic rings. The maximum atomic E-state index is 14.5. The fourth-order valence-corrected chi connectivity index (χ4v) is 7.82. The molecule has 58 heavy (non-hydrogen) atoms. The number of nitrogens with zero attached hydrogens (tertiary/aromatic N) is 1. The minimum Gasteiger partial charge on any atom is -0.491 e. The second-order valence-electron chi connectivity index (χ2n) is 16.4. The lowest BCUT2D eigenvalue weighted by Gasteiger charge is -2.35. The third-order valence-electron chi connectivity index (χ3n) is 10.6. The molecular weight excluding hydrogens is 746 g/mol. The van der Waals surface area contributed by atoms with Crippen LogP contribution in [0.1, 0.15) is 96.2 Å². The van der Waals surface area contributed by atoms with Crippen molar-refractivity contribution in [1.29, 1.82) is 0 Å². The van der Waals surface area contributed by atoms with Gasteiger partial charge >= 0.3 is 5.97 Å². The lowest BCUT2D eigenvalue weighted by atomic mass is 9.83. The molecule has 2 heterocycles. The van der Waals surface area contributed by atoms with Gasteiger partial charge < -0.3 is 45.5 Å². The van der Waals surface area contributed by atoms with Gasteiger partial charge in [0.15, 0.2) is 12.1 Å². The van der Waals surface area contributed by atoms with Gasteiger partial charge in [0.05, 0.1) is 31.7 Å². The van der Waals surface area contributed by atoms with E-state index in [1.807, 2.05) is 19.1 Å². The highest BCUT2D eigenvalue weighted by molar-refractivity contribution is 5.94. The van der Waals surface area contributed by atoms with Crippen LogP contribution in [-0.2, 0) is 44.7 Å². The van der Waals surface area contributed by atoms with Crippen molar-refractivity contribution < 1.29 is 48.1 Å². The lowest BCUT2D eigenvalue weighted by molar-refractivity contribution is -0.158. The Morgan fingerprint density at radius 1 is 0.983 bits per heavy atom. The van der Waals surface area contributed by atoms with Crippen LogP contribution in [-0.4, -0.2) is 108 Å². The van der Waals surface area contributed by atoms with Gasteiger partial charge in [-0.05, 0) is 69.2 Å². The molecule has 5 N–H and O–H groups in total. The molecule has 0 spiro atoms. The highest BCUT2D eigenvalue weighted by Crippen LogP contribution is 2.31. The molecule has 0 aromatic heterocycles. The fourth-order valence-electron chi connectivity index (χ4n) is 7.82. The van der Waals surface area contributed by atoms with Crippen LogP contribution in [0.5, 0.6) is 5.75 Å². The molecule has 2 aromatic carbocycles. The second kappa shape index (κ2) is 20.6. The van der Waals surface area contributed by atoms with Crippen molar-refractivity contribution in [3.05, 3.63) is 65.7 Å². The van der Waals surface area contributed by atoms with Crippen LogP contribution in [0.25, 0.3) is 0 Å². The molecule has 4 bridgehead atoms. The number of hydrogen-bond donors (Lipinski definition) is 5. The van der Waals surface area contributed by atoms with E-state index in [2.05, 4.69) is 21.3 Å². The van der Waals surface area contributed by atoms with E-state index < -0.39 is 72.2 Å². The number of nitrogens with one attached hydrogen (secondary N) is 4. The number of rotatable bonds is 12. The maximum absolute atomic E-state index is 14.5. The monoisotopic (exact) mass is 805 g/mol. The van der Waals surface area contributed by atoms with Crippen molar-refractivity contribution in [2.75, 3.05) is 26.3 Å². The molecule has 0 radical (unpaired) electrons. The molecule has 1 aliphatic carbocycles. The number of benzene rings is 2. The standard InChI is InChI=1S/C43H59N5O10/c1-5-13-32(38(51)40(53)44-25-35(50)47-37(29-17-10-7-11-18-29)42(55)58-43(2,3)4)45-39(52)33-24-31-26-48(33)41(54)36(28-15-8-6-9-16-28)46-34(49)23-27-14-12-19-30(22-27)56-20-21-57-31/h7,10-12,14,17-19,22,28,31-33,36-38,51H,5-6,8-9,13,15-16,20-21,23-26H2,1-4H3,(H,44,53)(H,45,52)(H,46,49)(H,47,50)/t31-,32?,33+,36+,37+,38?/m1/s1. The SMILES string of the molecule is CCCC(NC(=O)[C@@H]1C[C@@H]2CN1C(=O)[C@H](C1CCCCC1)NC(=O)Cc1cccc(c1)OCCO2)C(O)C(=O)NCC(=O)N[C@H](C(=O)OC(C)(C)C)c1ccccc1. The normalized spacial score (nSPS) is 22.2. The Hall–Kier alpha value is -5.02. The summed E-state index contributed by atoms with van der Waals surface area (Å²) in [7, 11) is 0. The molecule has 15 heteroatoms. The number of hydrogen-bond acceptors (Lipinski definition) is 10. The van der Waals surface area contributed by atoms with E-state index in [9.17, 15) is 33.9 Å². The van der Waals surface area contributed by atoms with Gasteiger partial charge in [0.2, 0.25) is 23.6 Å². The summed E-state index contributed by atoms with van der Waals surface area (Å²) >= 11 is 0. The van der Waals surface area contributed by atoms with E-state index >= 15 is 0 Å². The lowest BCUT2D eigenvalue weighted by Crippen LogP contribution is -2.58. The Morgan fingerprint density at radius 3 is 2.43 bits per heavy atom. The molecule has 2 fully saturated rings. The van der Waals surface area contributed by atoms with Crippen molar-refractivity contribution in [2.45, 2.75) is 127 Å². The van der Waals surface area contributed by atoms with Gasteiger partial charge in [-0.1, -0.05) is 75.1 Å². The molecule has 2 unspecified atom stereocenters. The first-order chi connectivity index (χ1) is 27.7. The highest BCUT2D eigenvalue weighted by atomic mass is 16.6. The Labute approximate surface area is 340 Å². The van der Waals surface area contributed by atoms with Crippen LogP contribution in [0.3, 0.4) is 0 Å². The molecular formula is C43H59N5O10. The zero-order chi connectivity index (χ0) is 41.8. The van der Waals surface area contributed by atoms with Crippen LogP contribution < -0.4 is 26.0 Å². The number of carbonyl (C=O) groups excluding carboxylic acids is 6. The number of ether oxygens (including phenoxy) is 3. The smallest absolute Gasteiger partial charge is 0.333 e. The maximum Gasteiger partial charge on any atom is 0.333 e.